The summed E-state index contributed by atoms with van der Waals surface area (Å²) >= 11 is 0. The molecule has 4 rings (SSSR count). The van der Waals surface area contributed by atoms with Crippen LogP contribution in [0.4, 0.5) is 5.82 Å². The van der Waals surface area contributed by atoms with Gasteiger partial charge < -0.3 is 14.4 Å². The third kappa shape index (κ3) is 3.88. The normalized spacial score (nSPS) is 16.1. The van der Waals surface area contributed by atoms with E-state index in [4.69, 9.17) is 19.4 Å². The predicted octanol–water partition coefficient (Wildman–Crippen LogP) is 4.46. The van der Waals surface area contributed by atoms with E-state index in [1.807, 2.05) is 30.3 Å². The average molecular weight is 390 g/mol. The number of hydrogen-bond acceptors (Lipinski definition) is 6. The van der Waals surface area contributed by atoms with Crippen LogP contribution >= 0.6 is 0 Å². The van der Waals surface area contributed by atoms with Gasteiger partial charge in [-0.15, -0.1) is 0 Å². The third-order valence-corrected chi connectivity index (χ3v) is 5.37. The quantitative estimate of drug-likeness (QED) is 0.619. The fourth-order valence-electron chi connectivity index (χ4n) is 3.88. The summed E-state index contributed by atoms with van der Waals surface area (Å²) in [5.41, 5.74) is 2.96. The summed E-state index contributed by atoms with van der Waals surface area (Å²) in [5.74, 6) is 3.25. The molecule has 0 saturated carbocycles. The number of aromatic nitrogens is 3. The predicted molar refractivity (Wildman–Crippen MR) is 114 cm³/mol. The number of ether oxygens (including phenoxy) is 2. The minimum absolute atomic E-state index is 0.201. The SMILES string of the molecule is CCc1cc(N2CCCC2c2ccc(OC)cc2OC)nc(-c2ccccn2)n1. The van der Waals surface area contributed by atoms with Gasteiger partial charge >= 0.3 is 0 Å². The first-order chi connectivity index (χ1) is 14.2. The van der Waals surface area contributed by atoms with E-state index in [0.29, 0.717) is 5.82 Å². The zero-order valence-corrected chi connectivity index (χ0v) is 17.1. The van der Waals surface area contributed by atoms with Crippen molar-refractivity contribution in [3.05, 3.63) is 59.9 Å². The molecule has 1 fully saturated rings. The molecule has 3 heterocycles. The number of hydrogen-bond donors (Lipinski definition) is 0. The number of methoxy groups -OCH3 is 2. The van der Waals surface area contributed by atoms with Crippen LogP contribution in [0.3, 0.4) is 0 Å². The van der Waals surface area contributed by atoms with Crippen LogP contribution in [0.1, 0.15) is 37.1 Å². The molecule has 1 aromatic carbocycles. The van der Waals surface area contributed by atoms with Gasteiger partial charge in [0.15, 0.2) is 5.82 Å². The summed E-state index contributed by atoms with van der Waals surface area (Å²) in [6.07, 6.45) is 4.77. The average Bonchev–Trinajstić information content (AvgIpc) is 3.28. The first kappa shape index (κ1) is 19.2. The van der Waals surface area contributed by atoms with Crippen molar-refractivity contribution < 1.29 is 9.47 Å². The van der Waals surface area contributed by atoms with Gasteiger partial charge in [0.05, 0.1) is 20.3 Å². The first-order valence-electron chi connectivity index (χ1n) is 10.0. The van der Waals surface area contributed by atoms with Gasteiger partial charge in [-0.25, -0.2) is 9.97 Å². The van der Waals surface area contributed by atoms with Gasteiger partial charge in [-0.1, -0.05) is 13.0 Å². The van der Waals surface area contributed by atoms with Crippen LogP contribution in [-0.2, 0) is 6.42 Å². The van der Waals surface area contributed by atoms with Crippen molar-refractivity contribution in [1.29, 1.82) is 0 Å². The Kier molecular flexibility index (Phi) is 5.60. The molecule has 150 valence electrons. The van der Waals surface area contributed by atoms with Crippen molar-refractivity contribution in [1.82, 2.24) is 15.0 Å². The van der Waals surface area contributed by atoms with E-state index in [1.165, 1.54) is 0 Å². The van der Waals surface area contributed by atoms with Gasteiger partial charge in [0, 0.05) is 36.1 Å². The Morgan fingerprint density at radius 1 is 1.07 bits per heavy atom. The van der Waals surface area contributed by atoms with Gasteiger partial charge in [-0.2, -0.15) is 0 Å². The smallest absolute Gasteiger partial charge is 0.180 e. The zero-order chi connectivity index (χ0) is 20.2. The van der Waals surface area contributed by atoms with Crippen molar-refractivity contribution in [2.24, 2.45) is 0 Å². The van der Waals surface area contributed by atoms with Crippen LogP contribution in [0.25, 0.3) is 11.5 Å². The molecule has 3 aromatic rings. The second-order valence-electron chi connectivity index (χ2n) is 7.07. The molecule has 0 spiro atoms. The number of anilines is 1. The second-order valence-corrected chi connectivity index (χ2v) is 7.07. The molecule has 0 N–H and O–H groups in total. The molecule has 0 aliphatic carbocycles. The molecule has 1 unspecified atom stereocenters. The van der Waals surface area contributed by atoms with Gasteiger partial charge in [0.2, 0.25) is 0 Å². The van der Waals surface area contributed by atoms with E-state index in [0.717, 1.165) is 60.1 Å². The van der Waals surface area contributed by atoms with Crippen LogP contribution in [0.15, 0.2) is 48.7 Å². The zero-order valence-electron chi connectivity index (χ0n) is 17.1. The summed E-state index contributed by atoms with van der Waals surface area (Å²) < 4.78 is 11.0. The van der Waals surface area contributed by atoms with E-state index < -0.39 is 0 Å². The largest absolute Gasteiger partial charge is 0.497 e. The Morgan fingerprint density at radius 2 is 1.97 bits per heavy atom. The van der Waals surface area contributed by atoms with E-state index in [9.17, 15) is 0 Å². The molecule has 6 nitrogen and oxygen atoms in total. The molecule has 1 atom stereocenters. The van der Waals surface area contributed by atoms with Gasteiger partial charge in [0.1, 0.15) is 23.0 Å². The van der Waals surface area contributed by atoms with Crippen LogP contribution in [0.2, 0.25) is 0 Å². The van der Waals surface area contributed by atoms with Crippen LogP contribution < -0.4 is 14.4 Å². The van der Waals surface area contributed by atoms with Crippen molar-refractivity contribution in [3.63, 3.8) is 0 Å². The first-order valence-corrected chi connectivity index (χ1v) is 10.0. The van der Waals surface area contributed by atoms with E-state index in [-0.39, 0.29) is 6.04 Å². The minimum Gasteiger partial charge on any atom is -0.497 e. The lowest BCUT2D eigenvalue weighted by molar-refractivity contribution is 0.388. The number of rotatable bonds is 6. The molecule has 0 bridgehead atoms. The topological polar surface area (TPSA) is 60.4 Å². The molecular formula is C23H26N4O2. The summed E-state index contributed by atoms with van der Waals surface area (Å²) in [6.45, 7) is 3.06. The number of aryl methyl sites for hydroxylation is 1. The lowest BCUT2D eigenvalue weighted by Gasteiger charge is -2.28. The Morgan fingerprint density at radius 3 is 2.69 bits per heavy atom. The van der Waals surface area contributed by atoms with Crippen molar-refractivity contribution in [2.75, 3.05) is 25.7 Å². The molecule has 29 heavy (non-hydrogen) atoms. The highest BCUT2D eigenvalue weighted by Crippen LogP contribution is 2.41. The molecule has 1 saturated heterocycles. The summed E-state index contributed by atoms with van der Waals surface area (Å²) in [5, 5.41) is 0. The fraction of sp³-hybridized carbons (Fsp3) is 0.348. The second kappa shape index (κ2) is 8.47. The van der Waals surface area contributed by atoms with Crippen LogP contribution in [0.5, 0.6) is 11.5 Å². The van der Waals surface area contributed by atoms with E-state index in [2.05, 4.69) is 28.9 Å². The number of benzene rings is 1. The molecule has 0 amide bonds. The van der Waals surface area contributed by atoms with Gasteiger partial charge in [0.25, 0.3) is 0 Å². The van der Waals surface area contributed by atoms with Crippen LogP contribution in [-0.4, -0.2) is 35.7 Å². The van der Waals surface area contributed by atoms with E-state index in [1.54, 1.807) is 20.4 Å². The summed E-state index contributed by atoms with van der Waals surface area (Å²) in [6, 6.07) is 14.2. The van der Waals surface area contributed by atoms with Crippen LogP contribution in [0, 0.1) is 0 Å². The standard InChI is InChI=1S/C23H26N4O2/c1-4-16-14-22(26-23(25-16)19-8-5-6-12-24-19)27-13-7-9-20(27)18-11-10-17(28-2)15-21(18)29-3/h5-6,8,10-12,14-15,20H,4,7,9,13H2,1-3H3. The fourth-order valence-corrected chi connectivity index (χ4v) is 3.88. The van der Waals surface area contributed by atoms with Gasteiger partial charge in [-0.3, -0.25) is 4.98 Å². The highest BCUT2D eigenvalue weighted by atomic mass is 16.5. The lowest BCUT2D eigenvalue weighted by Crippen LogP contribution is -2.24. The van der Waals surface area contributed by atoms with Gasteiger partial charge in [-0.05, 0) is 43.5 Å². The summed E-state index contributed by atoms with van der Waals surface area (Å²) in [4.78, 5) is 16.4. The maximum Gasteiger partial charge on any atom is 0.180 e. The molecule has 2 aromatic heterocycles. The molecular weight excluding hydrogens is 364 g/mol. The Bertz CT molecular complexity index is 978. The highest BCUT2D eigenvalue weighted by Gasteiger charge is 2.30. The Balaban J connectivity index is 1.74. The van der Waals surface area contributed by atoms with Crippen molar-refractivity contribution >= 4 is 5.82 Å². The number of nitrogens with zero attached hydrogens (tertiary/aromatic N) is 4. The summed E-state index contributed by atoms with van der Waals surface area (Å²) in [7, 11) is 3.37. The van der Waals surface area contributed by atoms with E-state index >= 15 is 0 Å². The molecule has 0 radical (unpaired) electrons. The van der Waals surface area contributed by atoms with Crippen molar-refractivity contribution in [2.45, 2.75) is 32.2 Å². The lowest BCUT2D eigenvalue weighted by atomic mass is 10.0. The Hall–Kier alpha value is -3.15. The third-order valence-electron chi connectivity index (χ3n) is 5.37. The molecule has 1 aliphatic rings. The Labute approximate surface area is 171 Å². The maximum atomic E-state index is 5.67. The molecule has 1 aliphatic heterocycles. The minimum atomic E-state index is 0.201. The van der Waals surface area contributed by atoms with Crippen molar-refractivity contribution in [3.8, 4) is 23.0 Å². The molecule has 6 heteroatoms. The monoisotopic (exact) mass is 390 g/mol. The number of pyridine rings is 1. The highest BCUT2D eigenvalue weighted by molar-refractivity contribution is 5.56. The maximum absolute atomic E-state index is 5.67.